The molecule has 4 aliphatic heterocycles. The van der Waals surface area contributed by atoms with Gasteiger partial charge in [-0.2, -0.15) is 10.2 Å². The van der Waals surface area contributed by atoms with Crippen molar-refractivity contribution in [2.24, 2.45) is 0 Å². The van der Waals surface area contributed by atoms with Crippen molar-refractivity contribution in [1.29, 1.82) is 0 Å². The Hall–Kier alpha value is -7.38. The van der Waals surface area contributed by atoms with Crippen molar-refractivity contribution < 1.29 is 42.3 Å². The number of carbonyl (C=O) groups is 5. The quantitative estimate of drug-likeness (QED) is 0.0654. The lowest BCUT2D eigenvalue weighted by Crippen LogP contribution is -2.54. The van der Waals surface area contributed by atoms with Crippen molar-refractivity contribution in [2.75, 3.05) is 75.1 Å². The first kappa shape index (κ1) is 47.3. The van der Waals surface area contributed by atoms with Gasteiger partial charge in [-0.15, -0.1) is 0 Å². The van der Waals surface area contributed by atoms with Gasteiger partial charge >= 0.3 is 0 Å². The van der Waals surface area contributed by atoms with Crippen LogP contribution in [0.4, 0.5) is 26.0 Å². The van der Waals surface area contributed by atoms with Crippen LogP contribution >= 0.6 is 0 Å². The molecule has 3 saturated heterocycles. The highest BCUT2D eigenvalue weighted by atomic mass is 19.1. The molecule has 6 aromatic rings. The van der Waals surface area contributed by atoms with E-state index in [1.54, 1.807) is 19.2 Å². The zero-order valence-electron chi connectivity index (χ0n) is 39.1. The minimum atomic E-state index is -1.06. The Morgan fingerprint density at radius 2 is 1.59 bits per heavy atom. The molecule has 3 fully saturated rings. The summed E-state index contributed by atoms with van der Waals surface area (Å²) >= 11 is 0. The number of halogens is 2. The lowest BCUT2D eigenvalue weighted by Gasteiger charge is -2.38. The number of H-pyrrole nitrogens is 1. The van der Waals surface area contributed by atoms with Crippen molar-refractivity contribution in [3.8, 4) is 0 Å². The number of hydrogen-bond donors (Lipinski definition) is 4. The third-order valence-corrected chi connectivity index (χ3v) is 13.8. The van der Waals surface area contributed by atoms with E-state index in [4.69, 9.17) is 9.57 Å². The van der Waals surface area contributed by atoms with Crippen molar-refractivity contribution >= 4 is 57.6 Å². The van der Waals surface area contributed by atoms with Crippen LogP contribution in [-0.4, -0.2) is 126 Å². The van der Waals surface area contributed by atoms with Crippen molar-refractivity contribution in [2.45, 2.75) is 50.2 Å². The molecule has 2 atom stereocenters. The van der Waals surface area contributed by atoms with E-state index in [2.05, 4.69) is 35.9 Å². The van der Waals surface area contributed by atoms with E-state index in [-0.39, 0.29) is 35.9 Å². The smallest absolute Gasteiger partial charge is 0.262 e. The molecule has 1 aromatic heterocycles. The number of nitrogens with one attached hydrogen (secondary N) is 4. The number of hydroxylamine groups is 2. The minimum Gasteiger partial charge on any atom is -0.381 e. The van der Waals surface area contributed by atoms with Gasteiger partial charge in [0.1, 0.15) is 17.7 Å². The van der Waals surface area contributed by atoms with Gasteiger partial charge in [0.15, 0.2) is 5.82 Å². The molecule has 5 amide bonds. The van der Waals surface area contributed by atoms with Gasteiger partial charge in [-0.25, -0.2) is 8.78 Å². The fourth-order valence-corrected chi connectivity index (χ4v) is 10.1. The van der Waals surface area contributed by atoms with E-state index < -0.39 is 47.3 Å². The molecule has 4 aliphatic rings. The van der Waals surface area contributed by atoms with Crippen molar-refractivity contribution in [3.63, 3.8) is 0 Å². The van der Waals surface area contributed by atoms with Gasteiger partial charge in [0.2, 0.25) is 11.8 Å². The second-order valence-electron chi connectivity index (χ2n) is 18.3. The molecule has 0 saturated carbocycles. The number of fused-ring (bicyclic) bond motifs is 2. The molecule has 0 aliphatic carbocycles. The van der Waals surface area contributed by atoms with Crippen LogP contribution < -0.4 is 20.9 Å². The van der Waals surface area contributed by atoms with Gasteiger partial charge in [-0.3, -0.25) is 44.2 Å². The lowest BCUT2D eigenvalue weighted by molar-refractivity contribution is -0.156. The second kappa shape index (κ2) is 20.5. The molecule has 366 valence electrons. The molecular weight excluding hydrogens is 913 g/mol. The average molecular weight is 966 g/mol. The van der Waals surface area contributed by atoms with Crippen LogP contribution in [-0.2, 0) is 25.6 Å². The standard InChI is InChI=1S/C53H53F2N9O7/c1-70-63(48(34-5-3-2-4-6-34)35-8-10-40-42(29-35)53(69)64(52(40)68)46-13-14-47(65)57-51(46)67)22-19-61-17-20-62(21-18-61)39-9-11-41(45(31-39)56-38-15-23-71-24-16-38)50(66)58-49-43-28-32(7-12-44(43)59-60-49)25-33-26-36(54)30-37(55)27-33/h2-12,26-31,38,46,48,56H,13-25H2,1H3,(H,57,65,67)(H2,58,59,60,66). The van der Waals surface area contributed by atoms with E-state index >= 15 is 0 Å². The summed E-state index contributed by atoms with van der Waals surface area (Å²) in [4.78, 5) is 77.7. The number of ether oxygens (including phenoxy) is 1. The van der Waals surface area contributed by atoms with Gasteiger partial charge in [0.05, 0.1) is 35.4 Å². The zero-order valence-corrected chi connectivity index (χ0v) is 39.1. The van der Waals surface area contributed by atoms with E-state index in [1.807, 2.05) is 77.9 Å². The molecule has 18 heteroatoms. The number of rotatable bonds is 15. The van der Waals surface area contributed by atoms with E-state index in [9.17, 15) is 32.8 Å². The first-order valence-electron chi connectivity index (χ1n) is 23.9. The summed E-state index contributed by atoms with van der Waals surface area (Å²) in [5.41, 5.74) is 6.19. The number of piperidine rings is 1. The second-order valence-corrected chi connectivity index (χ2v) is 18.3. The summed E-state index contributed by atoms with van der Waals surface area (Å²) in [5, 5.41) is 18.8. The van der Waals surface area contributed by atoms with E-state index in [0.717, 1.165) is 72.4 Å². The molecule has 16 nitrogen and oxygen atoms in total. The first-order valence-corrected chi connectivity index (χ1v) is 23.9. The molecule has 2 unspecified atom stereocenters. The van der Waals surface area contributed by atoms with Gasteiger partial charge in [0, 0.05) is 87.8 Å². The molecule has 4 N–H and O–H groups in total. The zero-order chi connectivity index (χ0) is 49.2. The SMILES string of the molecule is CON(CCN1CCN(c2ccc(C(=O)Nc3n[nH]c4ccc(Cc5cc(F)cc(F)c5)cc34)c(NC3CCOCC3)c2)CC1)C(c1ccccc1)c1ccc2c(c1)C(=O)N(C1CCC(=O)NC1=O)C2=O. The van der Waals surface area contributed by atoms with Gasteiger partial charge in [0.25, 0.3) is 17.7 Å². The first-order chi connectivity index (χ1) is 34.5. The maximum absolute atomic E-state index is 14.1. The Bertz CT molecular complexity index is 2990. The number of aromatic nitrogens is 2. The van der Waals surface area contributed by atoms with Crippen LogP contribution in [0.25, 0.3) is 10.9 Å². The molecule has 0 radical (unpaired) electrons. The normalized spacial score (nSPS) is 18.3. The molecule has 5 heterocycles. The number of imide groups is 2. The van der Waals surface area contributed by atoms with Gasteiger partial charge in [-0.1, -0.05) is 42.5 Å². The highest BCUT2D eigenvalue weighted by Gasteiger charge is 2.45. The third kappa shape index (κ3) is 10.1. The largest absolute Gasteiger partial charge is 0.381 e. The third-order valence-electron chi connectivity index (χ3n) is 13.8. The number of benzene rings is 5. The highest BCUT2D eigenvalue weighted by Crippen LogP contribution is 2.35. The Kier molecular flexibility index (Phi) is 13.7. The fourth-order valence-electron chi connectivity index (χ4n) is 10.1. The Balaban J connectivity index is 0.817. The highest BCUT2D eigenvalue weighted by molar-refractivity contribution is 6.23. The summed E-state index contributed by atoms with van der Waals surface area (Å²) in [6, 6.07) is 28.4. The van der Waals surface area contributed by atoms with E-state index in [0.29, 0.717) is 66.3 Å². The maximum atomic E-state index is 14.1. The predicted octanol–water partition coefficient (Wildman–Crippen LogP) is 6.45. The number of aromatic amines is 1. The predicted molar refractivity (Wildman–Crippen MR) is 261 cm³/mol. The van der Waals surface area contributed by atoms with Crippen LogP contribution in [0.1, 0.15) is 85.1 Å². The summed E-state index contributed by atoms with van der Waals surface area (Å²) in [7, 11) is 1.62. The number of amides is 5. The molecule has 10 rings (SSSR count). The average Bonchev–Trinajstić information content (AvgIpc) is 3.88. The monoisotopic (exact) mass is 965 g/mol. The Labute approximate surface area is 408 Å². The number of anilines is 3. The van der Waals surface area contributed by atoms with E-state index in [1.165, 1.54) is 12.1 Å². The summed E-state index contributed by atoms with van der Waals surface area (Å²) in [5.74, 6) is -3.51. The fraction of sp³-hybridized carbons (Fsp3) is 0.321. The number of hydrogen-bond acceptors (Lipinski definition) is 12. The Morgan fingerprint density at radius 1 is 0.831 bits per heavy atom. The number of nitrogens with zero attached hydrogens (tertiary/aromatic N) is 5. The minimum absolute atomic E-state index is 0.0376. The molecule has 0 spiro atoms. The van der Waals surface area contributed by atoms with Crippen LogP contribution in [0.15, 0.2) is 103 Å². The Morgan fingerprint density at radius 3 is 2.34 bits per heavy atom. The van der Waals surface area contributed by atoms with Crippen molar-refractivity contribution in [3.05, 3.63) is 154 Å². The molecule has 0 bridgehead atoms. The molecule has 5 aromatic carbocycles. The number of piperazine rings is 1. The summed E-state index contributed by atoms with van der Waals surface area (Å²) in [6.07, 6.45) is 1.99. The topological polar surface area (TPSA) is 182 Å². The van der Waals surface area contributed by atoms with Crippen molar-refractivity contribution in [1.82, 2.24) is 30.4 Å². The van der Waals surface area contributed by atoms with Crippen LogP contribution in [0.2, 0.25) is 0 Å². The van der Waals surface area contributed by atoms with Gasteiger partial charge in [-0.05, 0) is 103 Å². The maximum Gasteiger partial charge on any atom is 0.262 e. The van der Waals surface area contributed by atoms with Crippen LogP contribution in [0, 0.1) is 11.6 Å². The van der Waals surface area contributed by atoms with Crippen LogP contribution in [0.3, 0.4) is 0 Å². The molecule has 71 heavy (non-hydrogen) atoms. The molecular formula is C53H53F2N9O7. The van der Waals surface area contributed by atoms with Gasteiger partial charge < -0.3 is 25.1 Å². The number of carbonyl (C=O) groups excluding carboxylic acids is 5. The summed E-state index contributed by atoms with van der Waals surface area (Å²) in [6.45, 7) is 5.38. The summed E-state index contributed by atoms with van der Waals surface area (Å²) < 4.78 is 33.5. The lowest BCUT2D eigenvalue weighted by atomic mass is 9.95. The van der Waals surface area contributed by atoms with Crippen LogP contribution in [0.5, 0.6) is 0 Å².